The molecule has 2 atom stereocenters. The van der Waals surface area contributed by atoms with Gasteiger partial charge >= 0.3 is 17.7 Å². The molecule has 1 N–H and O–H groups in total. The second-order valence-corrected chi connectivity index (χ2v) is 12.2. The van der Waals surface area contributed by atoms with E-state index in [4.69, 9.17) is 16.3 Å². The molecule has 2 fully saturated rings. The molecule has 2 amide bonds. The summed E-state index contributed by atoms with van der Waals surface area (Å²) in [5, 5.41) is 11.1. The van der Waals surface area contributed by atoms with Crippen molar-refractivity contribution in [2.45, 2.75) is 55.8 Å². The number of alkyl halides is 3. The van der Waals surface area contributed by atoms with Crippen LogP contribution in [0.15, 0.2) is 30.3 Å². The van der Waals surface area contributed by atoms with Crippen LogP contribution in [-0.4, -0.2) is 79.9 Å². The average molecular weight is 596 g/mol. The summed E-state index contributed by atoms with van der Waals surface area (Å²) in [6.07, 6.45) is -0.918. The predicted octanol–water partition coefficient (Wildman–Crippen LogP) is 4.90. The quantitative estimate of drug-likeness (QED) is 0.362. The first-order valence-electron chi connectivity index (χ1n) is 13.7. The SMILES string of the molecule is COc1ccc2c(c1)[C@](O)(C(F)(F)F)C(=O)[N+]2(C)C1(CCC2CCN(c3ccc(C(=O)N(C)C)c(Cl)n3)CC2)CC1. The van der Waals surface area contributed by atoms with Crippen LogP contribution < -0.4 is 14.1 Å². The zero-order valence-electron chi connectivity index (χ0n) is 23.6. The number of carbonyl (C=O) groups excluding carboxylic acids is 2. The lowest BCUT2D eigenvalue weighted by molar-refractivity contribution is -0.257. The van der Waals surface area contributed by atoms with Crippen LogP contribution in [0.2, 0.25) is 5.15 Å². The van der Waals surface area contributed by atoms with Crippen molar-refractivity contribution in [2.75, 3.05) is 46.2 Å². The van der Waals surface area contributed by atoms with Crippen molar-refractivity contribution >= 4 is 34.9 Å². The maximum Gasteiger partial charge on any atom is 0.435 e. The minimum Gasteiger partial charge on any atom is -0.497 e. The number of fused-ring (bicyclic) bond motifs is 1. The molecule has 2 aliphatic heterocycles. The van der Waals surface area contributed by atoms with E-state index in [2.05, 4.69) is 9.88 Å². The van der Waals surface area contributed by atoms with E-state index in [1.807, 2.05) is 0 Å². The number of methoxy groups -OCH3 is 1. The Bertz CT molecular complexity index is 1370. The molecule has 1 aromatic heterocycles. The predicted molar refractivity (Wildman–Crippen MR) is 149 cm³/mol. The first kappa shape index (κ1) is 29.6. The first-order chi connectivity index (χ1) is 19.2. The molecule has 1 aliphatic carbocycles. The normalized spacial score (nSPS) is 25.7. The molecule has 222 valence electrons. The van der Waals surface area contributed by atoms with Gasteiger partial charge in [0.2, 0.25) is 0 Å². The average Bonchev–Trinajstić information content (AvgIpc) is 3.72. The van der Waals surface area contributed by atoms with Gasteiger partial charge in [0.1, 0.15) is 27.9 Å². The maximum absolute atomic E-state index is 14.3. The Hall–Kier alpha value is -2.89. The van der Waals surface area contributed by atoms with Crippen molar-refractivity contribution < 1.29 is 32.6 Å². The number of halogens is 4. The number of aliphatic hydroxyl groups is 1. The lowest BCUT2D eigenvalue weighted by Crippen LogP contribution is -2.64. The lowest BCUT2D eigenvalue weighted by Gasteiger charge is -2.39. The molecule has 1 saturated carbocycles. The van der Waals surface area contributed by atoms with Gasteiger partial charge in [-0.15, -0.1) is 0 Å². The lowest BCUT2D eigenvalue weighted by atomic mass is 9.88. The van der Waals surface area contributed by atoms with Crippen molar-refractivity contribution in [1.82, 2.24) is 14.4 Å². The summed E-state index contributed by atoms with van der Waals surface area (Å²) >= 11 is 6.30. The fourth-order valence-electron chi connectivity index (χ4n) is 6.60. The second kappa shape index (κ2) is 10.1. The van der Waals surface area contributed by atoms with Crippen LogP contribution in [-0.2, 0) is 10.4 Å². The van der Waals surface area contributed by atoms with Gasteiger partial charge in [-0.25, -0.2) is 14.3 Å². The number of aromatic nitrogens is 1. The number of rotatable bonds is 7. The van der Waals surface area contributed by atoms with Crippen LogP contribution in [0.4, 0.5) is 24.7 Å². The van der Waals surface area contributed by atoms with Crippen molar-refractivity contribution in [3.05, 3.63) is 46.6 Å². The minimum atomic E-state index is -5.17. The molecule has 5 rings (SSSR count). The first-order valence-corrected chi connectivity index (χ1v) is 14.1. The topological polar surface area (TPSA) is 83.0 Å². The van der Waals surface area contributed by atoms with Crippen LogP contribution in [0.25, 0.3) is 0 Å². The van der Waals surface area contributed by atoms with Gasteiger partial charge in [0.25, 0.3) is 5.91 Å². The van der Waals surface area contributed by atoms with Gasteiger partial charge in [-0.3, -0.25) is 4.79 Å². The van der Waals surface area contributed by atoms with E-state index in [0.29, 0.717) is 36.6 Å². The van der Waals surface area contributed by atoms with Crippen LogP contribution in [0.3, 0.4) is 0 Å². The van der Waals surface area contributed by atoms with Gasteiger partial charge < -0.3 is 19.6 Å². The number of carbonyl (C=O) groups is 2. The number of quaternary nitrogens is 1. The minimum absolute atomic E-state index is 0.152. The molecule has 2 aromatic rings. The van der Waals surface area contributed by atoms with Gasteiger partial charge in [-0.1, -0.05) is 11.6 Å². The number of hydrogen-bond donors (Lipinski definition) is 1. The van der Waals surface area contributed by atoms with Crippen molar-refractivity contribution in [3.8, 4) is 5.75 Å². The molecule has 41 heavy (non-hydrogen) atoms. The molecule has 12 heteroatoms. The standard InChI is InChI=1S/C29H35ClF3N4O4/c1-35(2)25(38)20-6-8-23(34-24(20)30)36-15-10-18(11-16-36)9-12-27(13-14-27)37(3)22-7-5-19(41-4)17-21(22)28(40,26(37)39)29(31,32)33/h5-8,17-18,40H,9-16H2,1-4H3/q+1/t28-,37?/m1/s1. The summed E-state index contributed by atoms with van der Waals surface area (Å²) in [4.78, 5) is 33.9. The monoisotopic (exact) mass is 595 g/mol. The molecule has 3 heterocycles. The Kier molecular flexibility index (Phi) is 7.31. The summed E-state index contributed by atoms with van der Waals surface area (Å²) in [7, 11) is 6.15. The molecule has 1 aromatic carbocycles. The van der Waals surface area contributed by atoms with E-state index < -0.39 is 33.3 Å². The highest BCUT2D eigenvalue weighted by atomic mass is 35.5. The van der Waals surface area contributed by atoms with Gasteiger partial charge in [-0.2, -0.15) is 13.2 Å². The van der Waals surface area contributed by atoms with Crippen LogP contribution in [0.5, 0.6) is 5.75 Å². The van der Waals surface area contributed by atoms with Crippen LogP contribution in [0, 0.1) is 5.92 Å². The molecule has 1 saturated heterocycles. The highest BCUT2D eigenvalue weighted by Gasteiger charge is 2.79. The van der Waals surface area contributed by atoms with Crippen LogP contribution >= 0.6 is 11.6 Å². The Labute approximate surface area is 242 Å². The van der Waals surface area contributed by atoms with E-state index in [1.54, 1.807) is 32.3 Å². The van der Waals surface area contributed by atoms with Gasteiger partial charge in [0.15, 0.2) is 0 Å². The Morgan fingerprint density at radius 3 is 2.41 bits per heavy atom. The summed E-state index contributed by atoms with van der Waals surface area (Å²) < 4.78 is 47.4. The highest BCUT2D eigenvalue weighted by Crippen LogP contribution is 2.62. The molecule has 1 unspecified atom stereocenters. The fraction of sp³-hybridized carbons (Fsp3) is 0.552. The van der Waals surface area contributed by atoms with E-state index in [1.165, 1.54) is 25.1 Å². The molecule has 0 spiro atoms. The highest BCUT2D eigenvalue weighted by molar-refractivity contribution is 6.32. The zero-order chi connectivity index (χ0) is 30.0. The Morgan fingerprint density at radius 1 is 1.22 bits per heavy atom. The van der Waals surface area contributed by atoms with E-state index in [9.17, 15) is 27.9 Å². The van der Waals surface area contributed by atoms with Crippen molar-refractivity contribution in [1.29, 1.82) is 0 Å². The molecule has 8 nitrogen and oxygen atoms in total. The smallest absolute Gasteiger partial charge is 0.435 e. The van der Waals surface area contributed by atoms with Crippen molar-refractivity contribution in [2.24, 2.45) is 5.92 Å². The summed E-state index contributed by atoms with van der Waals surface area (Å²) in [6, 6.07) is 7.64. The zero-order valence-corrected chi connectivity index (χ0v) is 24.3. The number of benzene rings is 1. The molecule has 3 aliphatic rings. The van der Waals surface area contributed by atoms with Crippen LogP contribution in [0.1, 0.15) is 54.4 Å². The number of hydrogen-bond acceptors (Lipinski definition) is 6. The summed E-state index contributed by atoms with van der Waals surface area (Å²) in [6.45, 7) is 1.45. The fourth-order valence-corrected chi connectivity index (χ4v) is 6.84. The number of anilines is 1. The summed E-state index contributed by atoms with van der Waals surface area (Å²) in [5.74, 6) is -0.291. The van der Waals surface area contributed by atoms with Gasteiger partial charge in [0.05, 0.1) is 25.3 Å². The molecule has 0 radical (unpaired) electrons. The molecular weight excluding hydrogens is 561 g/mol. The van der Waals surface area contributed by atoms with Gasteiger partial charge in [0, 0.05) is 52.5 Å². The number of amides is 2. The maximum atomic E-state index is 14.3. The number of pyridine rings is 1. The van der Waals surface area contributed by atoms with E-state index in [0.717, 1.165) is 38.4 Å². The van der Waals surface area contributed by atoms with E-state index >= 15 is 0 Å². The Balaban J connectivity index is 1.29. The summed E-state index contributed by atoms with van der Waals surface area (Å²) in [5.41, 5.74) is -4.21. The number of piperidine rings is 1. The third-order valence-electron chi connectivity index (χ3n) is 9.40. The van der Waals surface area contributed by atoms with Crippen molar-refractivity contribution in [3.63, 3.8) is 0 Å². The largest absolute Gasteiger partial charge is 0.497 e. The number of ether oxygens (including phenoxy) is 1. The van der Waals surface area contributed by atoms with Gasteiger partial charge in [-0.05, 0) is 49.4 Å². The number of likely N-dealkylation sites (N-methyl/N-ethyl adjacent to an activating group) is 1. The number of nitrogens with zero attached hydrogens (tertiary/aromatic N) is 4. The second-order valence-electron chi connectivity index (χ2n) is 11.8. The van der Waals surface area contributed by atoms with E-state index in [-0.39, 0.29) is 22.5 Å². The third kappa shape index (κ3) is 4.56. The Morgan fingerprint density at radius 2 is 1.88 bits per heavy atom. The molecular formula is C29H35ClF3N4O4+. The third-order valence-corrected chi connectivity index (χ3v) is 9.69. The molecule has 0 bridgehead atoms.